The molecule has 0 aromatic heterocycles. The predicted molar refractivity (Wildman–Crippen MR) is 84.3 cm³/mol. The van der Waals surface area contributed by atoms with Gasteiger partial charge in [-0.15, -0.1) is 0 Å². The van der Waals surface area contributed by atoms with Crippen LogP contribution in [0.4, 0.5) is 0 Å². The van der Waals surface area contributed by atoms with E-state index in [4.69, 9.17) is 5.73 Å². The third-order valence-corrected chi connectivity index (χ3v) is 4.84. The monoisotopic (exact) mass is 272 g/mol. The van der Waals surface area contributed by atoms with E-state index in [1.165, 1.54) is 50.2 Å². The third-order valence-electron chi connectivity index (χ3n) is 3.91. The second kappa shape index (κ2) is 9.22. The highest BCUT2D eigenvalue weighted by Gasteiger charge is 2.28. The average Bonchev–Trinajstić information content (AvgIpc) is 2.86. The van der Waals surface area contributed by atoms with Crippen molar-refractivity contribution >= 4 is 11.8 Å². The Balaban J connectivity index is 2.53. The maximum atomic E-state index is 6.05. The molecule has 1 fully saturated rings. The molecule has 0 bridgehead atoms. The first kappa shape index (κ1) is 16.3. The van der Waals surface area contributed by atoms with Crippen LogP contribution in [0.25, 0.3) is 0 Å². The van der Waals surface area contributed by atoms with E-state index in [2.05, 4.69) is 25.7 Å². The minimum absolute atomic E-state index is 0.606. The molecule has 0 aromatic carbocycles. The summed E-state index contributed by atoms with van der Waals surface area (Å²) in [4.78, 5) is 2.74. The Morgan fingerprint density at radius 2 is 1.94 bits per heavy atom. The van der Waals surface area contributed by atoms with Crippen LogP contribution in [0.3, 0.4) is 0 Å². The van der Waals surface area contributed by atoms with Crippen LogP contribution in [0.15, 0.2) is 0 Å². The molecular weight excluding hydrogens is 240 g/mol. The Labute approximate surface area is 118 Å². The normalized spacial score (nSPS) is 19.0. The molecule has 0 radical (unpaired) electrons. The van der Waals surface area contributed by atoms with Gasteiger partial charge in [0.2, 0.25) is 0 Å². The van der Waals surface area contributed by atoms with Crippen molar-refractivity contribution in [1.29, 1.82) is 0 Å². The van der Waals surface area contributed by atoms with Crippen LogP contribution < -0.4 is 5.73 Å². The van der Waals surface area contributed by atoms with Crippen molar-refractivity contribution in [1.82, 2.24) is 4.90 Å². The Bertz CT molecular complexity index is 203. The van der Waals surface area contributed by atoms with Gasteiger partial charge in [0.05, 0.1) is 0 Å². The minimum Gasteiger partial charge on any atom is -0.329 e. The Kier molecular flexibility index (Phi) is 8.36. The first-order valence-corrected chi connectivity index (χ1v) is 8.88. The first-order chi connectivity index (χ1) is 8.69. The zero-order valence-corrected chi connectivity index (χ0v) is 13.3. The molecule has 1 unspecified atom stereocenters. The van der Waals surface area contributed by atoms with Crippen molar-refractivity contribution < 1.29 is 0 Å². The fourth-order valence-corrected chi connectivity index (χ4v) is 3.76. The highest BCUT2D eigenvalue weighted by atomic mass is 32.2. The topological polar surface area (TPSA) is 29.3 Å². The lowest BCUT2D eigenvalue weighted by Crippen LogP contribution is -2.47. The zero-order valence-electron chi connectivity index (χ0n) is 12.5. The molecule has 1 aliphatic carbocycles. The SMILES string of the molecule is CCSCCC(CN)N(CC(C)C)C1CCCC1. The van der Waals surface area contributed by atoms with E-state index in [9.17, 15) is 0 Å². The summed E-state index contributed by atoms with van der Waals surface area (Å²) in [5.74, 6) is 3.24. The average molecular weight is 273 g/mol. The summed E-state index contributed by atoms with van der Waals surface area (Å²) >= 11 is 2.05. The van der Waals surface area contributed by atoms with Gasteiger partial charge in [-0.05, 0) is 36.7 Å². The molecule has 1 rings (SSSR count). The molecule has 1 atom stereocenters. The second-order valence-corrected chi connectivity index (χ2v) is 7.30. The van der Waals surface area contributed by atoms with E-state index in [0.717, 1.165) is 18.5 Å². The third kappa shape index (κ3) is 5.50. The molecule has 2 N–H and O–H groups in total. The summed E-state index contributed by atoms with van der Waals surface area (Å²) in [6.45, 7) is 8.95. The van der Waals surface area contributed by atoms with Crippen LogP contribution >= 0.6 is 11.8 Å². The van der Waals surface area contributed by atoms with Crippen molar-refractivity contribution in [3.05, 3.63) is 0 Å². The van der Waals surface area contributed by atoms with E-state index in [1.807, 2.05) is 11.8 Å². The molecule has 0 heterocycles. The predicted octanol–water partition coefficient (Wildman–Crippen LogP) is 3.36. The number of rotatable bonds is 9. The van der Waals surface area contributed by atoms with Crippen molar-refractivity contribution in [3.8, 4) is 0 Å². The molecule has 0 aromatic rings. The van der Waals surface area contributed by atoms with Gasteiger partial charge in [-0.2, -0.15) is 11.8 Å². The largest absolute Gasteiger partial charge is 0.329 e. The van der Waals surface area contributed by atoms with Crippen LogP contribution in [0.2, 0.25) is 0 Å². The summed E-state index contributed by atoms with van der Waals surface area (Å²) in [6.07, 6.45) is 6.88. The second-order valence-electron chi connectivity index (χ2n) is 5.90. The van der Waals surface area contributed by atoms with Crippen LogP contribution in [-0.2, 0) is 0 Å². The van der Waals surface area contributed by atoms with Crippen molar-refractivity contribution in [3.63, 3.8) is 0 Å². The summed E-state index contributed by atoms with van der Waals surface area (Å²) in [5, 5.41) is 0. The summed E-state index contributed by atoms with van der Waals surface area (Å²) in [5.41, 5.74) is 6.05. The number of nitrogens with two attached hydrogens (primary N) is 1. The Morgan fingerprint density at radius 3 is 2.44 bits per heavy atom. The van der Waals surface area contributed by atoms with Gasteiger partial charge in [0.1, 0.15) is 0 Å². The van der Waals surface area contributed by atoms with Gasteiger partial charge in [0.15, 0.2) is 0 Å². The van der Waals surface area contributed by atoms with Gasteiger partial charge < -0.3 is 5.73 Å². The maximum absolute atomic E-state index is 6.05. The van der Waals surface area contributed by atoms with Gasteiger partial charge in [-0.25, -0.2) is 0 Å². The molecule has 2 nitrogen and oxygen atoms in total. The van der Waals surface area contributed by atoms with Gasteiger partial charge in [0.25, 0.3) is 0 Å². The highest BCUT2D eigenvalue weighted by molar-refractivity contribution is 7.99. The van der Waals surface area contributed by atoms with Gasteiger partial charge >= 0.3 is 0 Å². The van der Waals surface area contributed by atoms with E-state index < -0.39 is 0 Å². The fraction of sp³-hybridized carbons (Fsp3) is 1.00. The first-order valence-electron chi connectivity index (χ1n) is 7.72. The molecule has 0 aliphatic heterocycles. The standard InChI is InChI=1S/C15H32N2S/c1-4-18-10-9-15(11-16)17(12-13(2)3)14-7-5-6-8-14/h13-15H,4-12,16H2,1-3H3. The maximum Gasteiger partial charge on any atom is 0.0229 e. The van der Waals surface area contributed by atoms with Crippen LogP contribution in [0, 0.1) is 5.92 Å². The van der Waals surface area contributed by atoms with Crippen molar-refractivity contribution in [2.75, 3.05) is 24.6 Å². The van der Waals surface area contributed by atoms with Crippen molar-refractivity contribution in [2.24, 2.45) is 11.7 Å². The molecule has 3 heteroatoms. The van der Waals surface area contributed by atoms with E-state index in [-0.39, 0.29) is 0 Å². The zero-order chi connectivity index (χ0) is 13.4. The summed E-state index contributed by atoms with van der Waals surface area (Å²) < 4.78 is 0. The van der Waals surface area contributed by atoms with E-state index in [1.54, 1.807) is 0 Å². The highest BCUT2D eigenvalue weighted by Crippen LogP contribution is 2.27. The summed E-state index contributed by atoms with van der Waals surface area (Å²) in [7, 11) is 0. The number of hydrogen-bond donors (Lipinski definition) is 1. The molecular formula is C15H32N2S. The molecule has 1 aliphatic rings. The smallest absolute Gasteiger partial charge is 0.0229 e. The van der Waals surface area contributed by atoms with Crippen LogP contribution in [0.1, 0.15) is 52.9 Å². The van der Waals surface area contributed by atoms with E-state index in [0.29, 0.717) is 6.04 Å². The lowest BCUT2D eigenvalue weighted by Gasteiger charge is -2.37. The van der Waals surface area contributed by atoms with Crippen LogP contribution in [0.5, 0.6) is 0 Å². The number of hydrogen-bond acceptors (Lipinski definition) is 3. The molecule has 0 saturated heterocycles. The molecule has 108 valence electrons. The van der Waals surface area contributed by atoms with Gasteiger partial charge in [-0.3, -0.25) is 4.90 Å². The minimum atomic E-state index is 0.606. The van der Waals surface area contributed by atoms with E-state index >= 15 is 0 Å². The summed E-state index contributed by atoms with van der Waals surface area (Å²) in [6, 6.07) is 1.42. The van der Waals surface area contributed by atoms with Crippen LogP contribution in [-0.4, -0.2) is 41.6 Å². The molecule has 0 spiro atoms. The van der Waals surface area contributed by atoms with Gasteiger partial charge in [0, 0.05) is 25.2 Å². The molecule has 1 saturated carbocycles. The quantitative estimate of drug-likeness (QED) is 0.653. The van der Waals surface area contributed by atoms with Crippen molar-refractivity contribution in [2.45, 2.75) is 65.0 Å². The number of thioether (sulfide) groups is 1. The lowest BCUT2D eigenvalue weighted by molar-refractivity contribution is 0.119. The van der Waals surface area contributed by atoms with Gasteiger partial charge in [-0.1, -0.05) is 33.6 Å². The fourth-order valence-electron chi connectivity index (χ4n) is 3.04. The lowest BCUT2D eigenvalue weighted by atomic mass is 10.1. The molecule has 18 heavy (non-hydrogen) atoms. The Hall–Kier alpha value is 0.270. The number of nitrogens with zero attached hydrogens (tertiary/aromatic N) is 1. The molecule has 0 amide bonds. The Morgan fingerprint density at radius 1 is 1.28 bits per heavy atom.